The Bertz CT molecular complexity index is 667. The predicted octanol–water partition coefficient (Wildman–Crippen LogP) is 2.62. The first-order valence-corrected chi connectivity index (χ1v) is 8.53. The minimum atomic E-state index is 0.547. The van der Waals surface area contributed by atoms with E-state index >= 15 is 0 Å². The average molecular weight is 330 g/mol. The van der Waals surface area contributed by atoms with Gasteiger partial charge in [-0.15, -0.1) is 5.10 Å². The fourth-order valence-corrected chi connectivity index (χ4v) is 3.03. The topological polar surface area (TPSA) is 61.2 Å². The lowest BCUT2D eigenvalue weighted by atomic mass is 9.80. The zero-order chi connectivity index (χ0) is 16.9. The second kappa shape index (κ2) is 7.66. The second-order valence-electron chi connectivity index (χ2n) is 6.45. The Morgan fingerprint density at radius 1 is 1.29 bits per heavy atom. The van der Waals surface area contributed by atoms with Gasteiger partial charge in [0.2, 0.25) is 0 Å². The van der Waals surface area contributed by atoms with Gasteiger partial charge in [-0.2, -0.15) is 0 Å². The molecule has 1 aliphatic carbocycles. The van der Waals surface area contributed by atoms with Crippen LogP contribution in [0.1, 0.15) is 37.4 Å². The van der Waals surface area contributed by atoms with Crippen molar-refractivity contribution >= 4 is 0 Å². The first-order valence-electron chi connectivity index (χ1n) is 8.53. The maximum atomic E-state index is 5.44. The second-order valence-corrected chi connectivity index (χ2v) is 6.45. The summed E-state index contributed by atoms with van der Waals surface area (Å²) < 4.78 is 12.5. The van der Waals surface area contributed by atoms with E-state index in [1.807, 2.05) is 29.1 Å². The molecule has 0 aliphatic heterocycles. The molecule has 1 N–H and O–H groups in total. The summed E-state index contributed by atoms with van der Waals surface area (Å²) in [6.45, 7) is 3.65. The van der Waals surface area contributed by atoms with Gasteiger partial charge in [0.25, 0.3) is 0 Å². The van der Waals surface area contributed by atoms with Gasteiger partial charge in [-0.25, -0.2) is 4.68 Å². The van der Waals surface area contributed by atoms with Gasteiger partial charge < -0.3 is 14.8 Å². The molecule has 2 aromatic rings. The Morgan fingerprint density at radius 2 is 2.12 bits per heavy atom. The third kappa shape index (κ3) is 3.87. The molecule has 130 valence electrons. The highest BCUT2D eigenvalue weighted by Crippen LogP contribution is 2.29. The van der Waals surface area contributed by atoms with Crippen LogP contribution in [0.3, 0.4) is 0 Å². The summed E-state index contributed by atoms with van der Waals surface area (Å²) in [6, 6.07) is 6.35. The molecule has 0 radical (unpaired) electrons. The fraction of sp³-hybridized carbons (Fsp3) is 0.556. The summed E-state index contributed by atoms with van der Waals surface area (Å²) in [6.07, 6.45) is 6.05. The summed E-state index contributed by atoms with van der Waals surface area (Å²) in [5, 5.41) is 12.0. The average Bonchev–Trinajstić information content (AvgIpc) is 2.99. The summed E-state index contributed by atoms with van der Waals surface area (Å²) in [5.74, 6) is 2.40. The monoisotopic (exact) mass is 330 g/mol. The summed E-state index contributed by atoms with van der Waals surface area (Å²) in [5.41, 5.74) is 2.01. The third-order valence-corrected chi connectivity index (χ3v) is 4.87. The van der Waals surface area contributed by atoms with Gasteiger partial charge in [-0.1, -0.05) is 11.6 Å². The quantitative estimate of drug-likeness (QED) is 0.806. The van der Waals surface area contributed by atoms with Gasteiger partial charge in [0.15, 0.2) is 0 Å². The van der Waals surface area contributed by atoms with Crippen molar-refractivity contribution in [1.29, 1.82) is 0 Å². The lowest BCUT2D eigenvalue weighted by Gasteiger charge is -2.31. The minimum absolute atomic E-state index is 0.547. The van der Waals surface area contributed by atoms with Crippen molar-refractivity contribution in [2.24, 2.45) is 5.92 Å². The zero-order valence-corrected chi connectivity index (χ0v) is 14.7. The number of hydrogen-bond acceptors (Lipinski definition) is 5. The van der Waals surface area contributed by atoms with Crippen LogP contribution in [0.2, 0.25) is 0 Å². The molecule has 24 heavy (non-hydrogen) atoms. The SMILES string of the molecule is COc1ccc(Cn2cc(CN[C@H](C)C3CCC3)nn2)c(OC)c1. The van der Waals surface area contributed by atoms with Crippen molar-refractivity contribution in [3.63, 3.8) is 0 Å². The van der Waals surface area contributed by atoms with Crippen LogP contribution in [0.5, 0.6) is 11.5 Å². The van der Waals surface area contributed by atoms with Crippen LogP contribution in [-0.4, -0.2) is 35.3 Å². The molecule has 0 spiro atoms. The van der Waals surface area contributed by atoms with E-state index in [9.17, 15) is 0 Å². The van der Waals surface area contributed by atoms with Gasteiger partial charge in [0, 0.05) is 24.2 Å². The van der Waals surface area contributed by atoms with E-state index in [0.29, 0.717) is 12.6 Å². The van der Waals surface area contributed by atoms with E-state index in [1.165, 1.54) is 19.3 Å². The summed E-state index contributed by atoms with van der Waals surface area (Å²) >= 11 is 0. The van der Waals surface area contributed by atoms with Gasteiger partial charge in [0.05, 0.1) is 32.7 Å². The molecule has 1 aromatic carbocycles. The molecule has 6 nitrogen and oxygen atoms in total. The number of rotatable bonds is 8. The lowest BCUT2D eigenvalue weighted by molar-refractivity contribution is 0.239. The molecule has 0 amide bonds. The smallest absolute Gasteiger partial charge is 0.127 e. The number of ether oxygens (including phenoxy) is 2. The van der Waals surface area contributed by atoms with Crippen molar-refractivity contribution in [3.8, 4) is 11.5 Å². The Hall–Kier alpha value is -2.08. The van der Waals surface area contributed by atoms with Crippen molar-refractivity contribution in [2.45, 2.75) is 45.3 Å². The number of nitrogens with one attached hydrogen (secondary N) is 1. The molecular weight excluding hydrogens is 304 g/mol. The maximum absolute atomic E-state index is 5.44. The molecule has 0 saturated heterocycles. The molecule has 0 bridgehead atoms. The molecule has 3 rings (SSSR count). The van der Waals surface area contributed by atoms with Crippen molar-refractivity contribution in [2.75, 3.05) is 14.2 Å². The van der Waals surface area contributed by atoms with Crippen LogP contribution in [0.25, 0.3) is 0 Å². The van der Waals surface area contributed by atoms with E-state index in [4.69, 9.17) is 9.47 Å². The molecule has 1 fully saturated rings. The zero-order valence-electron chi connectivity index (χ0n) is 14.7. The first kappa shape index (κ1) is 16.8. The normalized spacial score (nSPS) is 15.8. The van der Waals surface area contributed by atoms with Crippen molar-refractivity contribution in [3.05, 3.63) is 35.7 Å². The molecular formula is C18H26N4O2. The number of benzene rings is 1. The Labute approximate surface area is 143 Å². The standard InChI is InChI=1S/C18H26N4O2/c1-13(14-5-4-6-14)19-10-16-12-22(21-20-16)11-15-7-8-17(23-2)9-18(15)24-3/h7-9,12-14,19H,4-6,10-11H2,1-3H3/t13-/m1/s1. The number of aromatic nitrogens is 3. The van der Waals surface area contributed by atoms with Gasteiger partial charge in [-0.3, -0.25) is 0 Å². The molecule has 1 aromatic heterocycles. The van der Waals surface area contributed by atoms with E-state index in [-0.39, 0.29) is 0 Å². The molecule has 1 atom stereocenters. The van der Waals surface area contributed by atoms with Gasteiger partial charge >= 0.3 is 0 Å². The van der Waals surface area contributed by atoms with E-state index in [2.05, 4.69) is 22.6 Å². The highest BCUT2D eigenvalue weighted by molar-refractivity contribution is 5.40. The largest absolute Gasteiger partial charge is 0.497 e. The number of hydrogen-bond donors (Lipinski definition) is 1. The molecule has 6 heteroatoms. The van der Waals surface area contributed by atoms with Crippen LogP contribution in [0.4, 0.5) is 0 Å². The summed E-state index contributed by atoms with van der Waals surface area (Å²) in [4.78, 5) is 0. The molecule has 0 unspecified atom stereocenters. The van der Waals surface area contributed by atoms with E-state index in [1.54, 1.807) is 14.2 Å². The summed E-state index contributed by atoms with van der Waals surface area (Å²) in [7, 11) is 3.31. The van der Waals surface area contributed by atoms with Gasteiger partial charge in [0.1, 0.15) is 11.5 Å². The molecule has 1 aliphatic rings. The van der Waals surface area contributed by atoms with Gasteiger partial charge in [-0.05, 0) is 37.8 Å². The molecule has 1 saturated carbocycles. The lowest BCUT2D eigenvalue weighted by Crippen LogP contribution is -2.36. The fourth-order valence-electron chi connectivity index (χ4n) is 3.03. The molecule has 1 heterocycles. The van der Waals surface area contributed by atoms with E-state index in [0.717, 1.165) is 35.2 Å². The van der Waals surface area contributed by atoms with Crippen molar-refractivity contribution in [1.82, 2.24) is 20.3 Å². The number of methoxy groups -OCH3 is 2. The Balaban J connectivity index is 1.59. The maximum Gasteiger partial charge on any atom is 0.127 e. The highest BCUT2D eigenvalue weighted by Gasteiger charge is 2.23. The Kier molecular flexibility index (Phi) is 5.35. The van der Waals surface area contributed by atoms with E-state index < -0.39 is 0 Å². The van der Waals surface area contributed by atoms with Crippen LogP contribution >= 0.6 is 0 Å². The minimum Gasteiger partial charge on any atom is -0.497 e. The third-order valence-electron chi connectivity index (χ3n) is 4.87. The van der Waals surface area contributed by atoms with Crippen molar-refractivity contribution < 1.29 is 9.47 Å². The number of nitrogens with zero attached hydrogens (tertiary/aromatic N) is 3. The highest BCUT2D eigenvalue weighted by atomic mass is 16.5. The van der Waals surface area contributed by atoms with Crippen LogP contribution < -0.4 is 14.8 Å². The van der Waals surface area contributed by atoms with Crippen LogP contribution in [-0.2, 0) is 13.1 Å². The van der Waals surface area contributed by atoms with Crippen LogP contribution in [0, 0.1) is 5.92 Å². The Morgan fingerprint density at radius 3 is 2.79 bits per heavy atom. The first-order chi connectivity index (χ1) is 11.7. The van der Waals surface area contributed by atoms with Crippen LogP contribution in [0.15, 0.2) is 24.4 Å². The predicted molar refractivity (Wildman–Crippen MR) is 92.3 cm³/mol.